The van der Waals surface area contributed by atoms with E-state index in [1.807, 2.05) is 6.07 Å². The van der Waals surface area contributed by atoms with E-state index in [2.05, 4.69) is 12.2 Å². The average Bonchev–Trinajstić information content (AvgIpc) is 3.14. The molecule has 1 N–H and O–H groups in total. The molecule has 1 aliphatic rings. The van der Waals surface area contributed by atoms with Gasteiger partial charge in [-0.2, -0.15) is 0 Å². The van der Waals surface area contributed by atoms with Crippen LogP contribution in [0.25, 0.3) is 0 Å². The van der Waals surface area contributed by atoms with E-state index in [0.29, 0.717) is 17.2 Å². The number of rotatable bonds is 6. The molecule has 0 radical (unpaired) electrons. The summed E-state index contributed by atoms with van der Waals surface area (Å²) in [7, 11) is 0. The Balaban J connectivity index is 2.17. The molecule has 2 rings (SSSR count). The Bertz CT molecular complexity index is 477. The lowest BCUT2D eigenvalue weighted by atomic mass is 10.2. The topological polar surface area (TPSA) is 55.4 Å². The first-order valence-electron chi connectivity index (χ1n) is 6.76. The standard InChI is InChI=1S/C14H19NO3S/c1-3-5-10-8-11(14(17)18-4-2)13(19-10)15-12(16)9-6-7-9/h8-9H,3-7H2,1-2H3,(H,15,16). The van der Waals surface area contributed by atoms with E-state index in [1.165, 1.54) is 11.3 Å². The van der Waals surface area contributed by atoms with Crippen molar-refractivity contribution >= 4 is 28.2 Å². The number of hydrogen-bond donors (Lipinski definition) is 1. The van der Waals surface area contributed by atoms with E-state index in [9.17, 15) is 9.59 Å². The summed E-state index contributed by atoms with van der Waals surface area (Å²) < 4.78 is 5.03. The minimum Gasteiger partial charge on any atom is -0.462 e. The van der Waals surface area contributed by atoms with Gasteiger partial charge in [0.25, 0.3) is 0 Å². The molecule has 1 heterocycles. The van der Waals surface area contributed by atoms with E-state index < -0.39 is 0 Å². The lowest BCUT2D eigenvalue weighted by Crippen LogP contribution is -2.15. The predicted molar refractivity (Wildman–Crippen MR) is 75.6 cm³/mol. The minimum absolute atomic E-state index is 0.0236. The van der Waals surface area contributed by atoms with Crippen molar-refractivity contribution in [2.24, 2.45) is 5.92 Å². The van der Waals surface area contributed by atoms with Gasteiger partial charge in [-0.05, 0) is 32.3 Å². The Morgan fingerprint density at radius 1 is 1.42 bits per heavy atom. The van der Waals surface area contributed by atoms with Gasteiger partial charge in [0.1, 0.15) is 5.00 Å². The number of anilines is 1. The predicted octanol–water partition coefficient (Wildman–Crippen LogP) is 3.23. The highest BCUT2D eigenvalue weighted by Gasteiger charge is 2.31. The first-order valence-corrected chi connectivity index (χ1v) is 7.58. The molecule has 0 saturated heterocycles. The number of hydrogen-bond acceptors (Lipinski definition) is 4. The van der Waals surface area contributed by atoms with E-state index in [-0.39, 0.29) is 17.8 Å². The molecule has 1 fully saturated rings. The first-order chi connectivity index (χ1) is 9.15. The Morgan fingerprint density at radius 2 is 2.16 bits per heavy atom. The Hall–Kier alpha value is -1.36. The van der Waals surface area contributed by atoms with Crippen LogP contribution in [0.3, 0.4) is 0 Å². The monoisotopic (exact) mass is 281 g/mol. The van der Waals surface area contributed by atoms with Gasteiger partial charge >= 0.3 is 5.97 Å². The van der Waals surface area contributed by atoms with Crippen LogP contribution in [0.2, 0.25) is 0 Å². The highest BCUT2D eigenvalue weighted by atomic mass is 32.1. The lowest BCUT2D eigenvalue weighted by molar-refractivity contribution is -0.117. The van der Waals surface area contributed by atoms with Gasteiger partial charge in [-0.3, -0.25) is 4.79 Å². The lowest BCUT2D eigenvalue weighted by Gasteiger charge is -2.04. The van der Waals surface area contributed by atoms with Gasteiger partial charge in [0, 0.05) is 10.8 Å². The second kappa shape index (κ2) is 6.19. The van der Waals surface area contributed by atoms with E-state index >= 15 is 0 Å². The van der Waals surface area contributed by atoms with Crippen molar-refractivity contribution in [1.29, 1.82) is 0 Å². The fourth-order valence-electron chi connectivity index (χ4n) is 1.82. The molecule has 5 heteroatoms. The van der Waals surface area contributed by atoms with E-state index in [4.69, 9.17) is 4.74 Å². The van der Waals surface area contributed by atoms with Crippen LogP contribution in [-0.4, -0.2) is 18.5 Å². The quantitative estimate of drug-likeness (QED) is 0.814. The molecule has 0 spiro atoms. The molecular formula is C14H19NO3S. The third-order valence-corrected chi connectivity index (χ3v) is 4.07. The minimum atomic E-state index is -0.354. The molecule has 4 nitrogen and oxygen atoms in total. The third-order valence-electron chi connectivity index (χ3n) is 2.96. The summed E-state index contributed by atoms with van der Waals surface area (Å²) in [6.07, 6.45) is 3.83. The zero-order valence-electron chi connectivity index (χ0n) is 11.3. The summed E-state index contributed by atoms with van der Waals surface area (Å²) in [5.74, 6) is -0.200. The van der Waals surface area contributed by atoms with Crippen LogP contribution in [0, 0.1) is 5.92 Å². The molecule has 0 unspecified atom stereocenters. The number of ether oxygens (including phenoxy) is 1. The van der Waals surface area contributed by atoms with Crippen molar-refractivity contribution in [1.82, 2.24) is 0 Å². The van der Waals surface area contributed by atoms with Gasteiger partial charge in [0.2, 0.25) is 5.91 Å². The van der Waals surface area contributed by atoms with Crippen molar-refractivity contribution in [3.8, 4) is 0 Å². The highest BCUT2D eigenvalue weighted by molar-refractivity contribution is 7.16. The van der Waals surface area contributed by atoms with Crippen LogP contribution in [0.4, 0.5) is 5.00 Å². The number of thiophene rings is 1. The van der Waals surface area contributed by atoms with Gasteiger partial charge in [0.15, 0.2) is 0 Å². The van der Waals surface area contributed by atoms with E-state index in [1.54, 1.807) is 6.92 Å². The summed E-state index contributed by atoms with van der Waals surface area (Å²) in [6, 6.07) is 1.84. The van der Waals surface area contributed by atoms with Crippen molar-refractivity contribution in [3.05, 3.63) is 16.5 Å². The molecule has 0 aromatic carbocycles. The summed E-state index contributed by atoms with van der Waals surface area (Å²) in [5.41, 5.74) is 0.490. The molecule has 1 amide bonds. The summed E-state index contributed by atoms with van der Waals surface area (Å²) >= 11 is 1.48. The molecule has 1 aromatic heterocycles. The van der Waals surface area contributed by atoms with Crippen molar-refractivity contribution in [2.75, 3.05) is 11.9 Å². The average molecular weight is 281 g/mol. The van der Waals surface area contributed by atoms with Gasteiger partial charge in [-0.15, -0.1) is 11.3 Å². The van der Waals surface area contributed by atoms with Crippen LogP contribution in [0.15, 0.2) is 6.07 Å². The van der Waals surface area contributed by atoms with Crippen LogP contribution in [0.5, 0.6) is 0 Å². The summed E-state index contributed by atoms with van der Waals surface area (Å²) in [5, 5.41) is 3.51. The fraction of sp³-hybridized carbons (Fsp3) is 0.571. The van der Waals surface area contributed by atoms with Crippen LogP contribution in [-0.2, 0) is 16.0 Å². The zero-order chi connectivity index (χ0) is 13.8. The number of amides is 1. The summed E-state index contributed by atoms with van der Waals surface area (Å²) in [4.78, 5) is 24.8. The number of nitrogens with one attached hydrogen (secondary N) is 1. The van der Waals surface area contributed by atoms with Gasteiger partial charge < -0.3 is 10.1 Å². The van der Waals surface area contributed by atoms with Crippen molar-refractivity contribution in [3.63, 3.8) is 0 Å². The molecule has 1 saturated carbocycles. The zero-order valence-corrected chi connectivity index (χ0v) is 12.1. The van der Waals surface area contributed by atoms with Gasteiger partial charge in [-0.1, -0.05) is 13.3 Å². The maximum atomic E-state index is 11.9. The fourth-order valence-corrected chi connectivity index (χ4v) is 2.97. The van der Waals surface area contributed by atoms with Crippen molar-refractivity contribution < 1.29 is 14.3 Å². The SMILES string of the molecule is CCCc1cc(C(=O)OCC)c(NC(=O)C2CC2)s1. The smallest absolute Gasteiger partial charge is 0.341 e. The molecule has 1 aromatic rings. The van der Waals surface area contributed by atoms with Crippen LogP contribution in [0.1, 0.15) is 48.3 Å². The molecular weight excluding hydrogens is 262 g/mol. The maximum absolute atomic E-state index is 11.9. The number of esters is 1. The number of carbonyl (C=O) groups is 2. The highest BCUT2D eigenvalue weighted by Crippen LogP contribution is 2.34. The normalized spacial score (nSPS) is 14.2. The van der Waals surface area contributed by atoms with Crippen molar-refractivity contribution in [2.45, 2.75) is 39.5 Å². The number of carbonyl (C=O) groups excluding carboxylic acids is 2. The van der Waals surface area contributed by atoms with Crippen LogP contribution >= 0.6 is 11.3 Å². The second-order valence-corrected chi connectivity index (χ2v) is 5.83. The molecule has 0 aliphatic heterocycles. The first kappa shape index (κ1) is 14.1. The molecule has 104 valence electrons. The maximum Gasteiger partial charge on any atom is 0.341 e. The molecule has 0 bridgehead atoms. The van der Waals surface area contributed by atoms with E-state index in [0.717, 1.165) is 30.6 Å². The Kier molecular flexibility index (Phi) is 4.58. The molecule has 1 aliphatic carbocycles. The second-order valence-electron chi connectivity index (χ2n) is 4.69. The molecule has 19 heavy (non-hydrogen) atoms. The van der Waals surface area contributed by atoms with Gasteiger partial charge in [0.05, 0.1) is 12.2 Å². The van der Waals surface area contributed by atoms with Crippen LogP contribution < -0.4 is 5.32 Å². The Morgan fingerprint density at radius 3 is 2.74 bits per heavy atom. The largest absolute Gasteiger partial charge is 0.462 e. The summed E-state index contributed by atoms with van der Waals surface area (Å²) in [6.45, 7) is 4.21. The molecule has 0 atom stereocenters. The Labute approximate surface area is 117 Å². The number of aryl methyl sites for hydroxylation is 1. The third kappa shape index (κ3) is 3.56. The van der Waals surface area contributed by atoms with Gasteiger partial charge in [-0.25, -0.2) is 4.79 Å².